The number of carbonyl (C=O) groups is 2. The lowest BCUT2D eigenvalue weighted by Gasteiger charge is -2.31. The van der Waals surface area contributed by atoms with Gasteiger partial charge in [0.05, 0.1) is 18.4 Å². The Bertz CT molecular complexity index is 543. The van der Waals surface area contributed by atoms with Crippen molar-refractivity contribution in [2.24, 2.45) is 5.92 Å². The summed E-state index contributed by atoms with van der Waals surface area (Å²) in [6, 6.07) is 9.69. The van der Waals surface area contributed by atoms with E-state index in [1.165, 1.54) is 5.56 Å². The number of nitrogens with zero attached hydrogens (tertiary/aromatic N) is 2. The predicted octanol–water partition coefficient (Wildman–Crippen LogP) is 2.47. The maximum absolute atomic E-state index is 12.4. The Labute approximate surface area is 119 Å². The van der Waals surface area contributed by atoms with Crippen molar-refractivity contribution >= 4 is 17.4 Å². The minimum atomic E-state index is -0.644. The summed E-state index contributed by atoms with van der Waals surface area (Å²) in [5, 5.41) is 8.60. The second-order valence-electron chi connectivity index (χ2n) is 5.01. The molecule has 1 aliphatic heterocycles. The number of hydrogen-bond donors (Lipinski definition) is 0. The highest BCUT2D eigenvalue weighted by Gasteiger charge is 2.34. The van der Waals surface area contributed by atoms with Crippen molar-refractivity contribution in [2.45, 2.75) is 32.6 Å². The second kappa shape index (κ2) is 6.33. The summed E-state index contributed by atoms with van der Waals surface area (Å²) in [5.41, 5.74) is 2.05. The molecule has 1 aromatic carbocycles. The molecule has 0 saturated carbocycles. The van der Waals surface area contributed by atoms with E-state index in [0.29, 0.717) is 13.0 Å². The number of benzene rings is 1. The summed E-state index contributed by atoms with van der Waals surface area (Å²) >= 11 is 0. The van der Waals surface area contributed by atoms with Crippen molar-refractivity contribution in [1.29, 1.82) is 5.26 Å². The molecule has 2 rings (SSSR count). The van der Waals surface area contributed by atoms with Crippen LogP contribution in [0.2, 0.25) is 0 Å². The smallest absolute Gasteiger partial charge is 0.237 e. The zero-order valence-electron chi connectivity index (χ0n) is 11.6. The van der Waals surface area contributed by atoms with Gasteiger partial charge in [0.1, 0.15) is 0 Å². The first-order chi connectivity index (χ1) is 9.67. The van der Waals surface area contributed by atoms with Crippen LogP contribution in [0.15, 0.2) is 24.3 Å². The van der Waals surface area contributed by atoms with E-state index < -0.39 is 5.92 Å². The van der Waals surface area contributed by atoms with E-state index in [1.807, 2.05) is 30.3 Å². The standard InChI is InChI=1S/C16H18N2O2/c1-2-12-5-7-13(8-6-12)18-11-3-4-14(16(18)20)15(19)9-10-17/h5-8,14H,2-4,9,11H2,1H3/t14-/m1/s1. The summed E-state index contributed by atoms with van der Waals surface area (Å²) in [6.45, 7) is 2.72. The van der Waals surface area contributed by atoms with E-state index in [4.69, 9.17) is 5.26 Å². The number of hydrogen-bond acceptors (Lipinski definition) is 3. The molecule has 4 heteroatoms. The molecule has 1 aromatic rings. The average Bonchev–Trinajstić information content (AvgIpc) is 2.48. The largest absolute Gasteiger partial charge is 0.312 e. The highest BCUT2D eigenvalue weighted by atomic mass is 16.2. The fourth-order valence-electron chi connectivity index (χ4n) is 2.54. The monoisotopic (exact) mass is 270 g/mol. The van der Waals surface area contributed by atoms with Crippen LogP contribution >= 0.6 is 0 Å². The van der Waals surface area contributed by atoms with Crippen LogP contribution in [0.25, 0.3) is 0 Å². The summed E-state index contributed by atoms with van der Waals surface area (Å²) < 4.78 is 0. The first-order valence-corrected chi connectivity index (χ1v) is 6.97. The molecular formula is C16H18N2O2. The third-order valence-corrected chi connectivity index (χ3v) is 3.74. The first kappa shape index (κ1) is 14.3. The Morgan fingerprint density at radius 1 is 1.40 bits per heavy atom. The van der Waals surface area contributed by atoms with Crippen molar-refractivity contribution in [3.63, 3.8) is 0 Å². The van der Waals surface area contributed by atoms with Gasteiger partial charge in [-0.1, -0.05) is 19.1 Å². The number of piperidine rings is 1. The zero-order valence-corrected chi connectivity index (χ0v) is 11.6. The molecule has 0 bridgehead atoms. The lowest BCUT2D eigenvalue weighted by atomic mass is 9.91. The summed E-state index contributed by atoms with van der Waals surface area (Å²) in [5.74, 6) is -1.07. The fourth-order valence-corrected chi connectivity index (χ4v) is 2.54. The molecule has 20 heavy (non-hydrogen) atoms. The van der Waals surface area contributed by atoms with Gasteiger partial charge in [-0.25, -0.2) is 0 Å². The van der Waals surface area contributed by atoms with Gasteiger partial charge in [-0.3, -0.25) is 9.59 Å². The average molecular weight is 270 g/mol. The van der Waals surface area contributed by atoms with Gasteiger partial charge in [0.2, 0.25) is 5.91 Å². The molecule has 0 N–H and O–H groups in total. The van der Waals surface area contributed by atoms with E-state index in [1.54, 1.807) is 4.90 Å². The molecule has 1 heterocycles. The van der Waals surface area contributed by atoms with Crippen LogP contribution in [0.5, 0.6) is 0 Å². The summed E-state index contributed by atoms with van der Waals surface area (Å²) in [4.78, 5) is 25.9. The van der Waals surface area contributed by atoms with Crippen LogP contribution in [-0.2, 0) is 16.0 Å². The summed E-state index contributed by atoms with van der Waals surface area (Å²) in [7, 11) is 0. The molecule has 1 atom stereocenters. The van der Waals surface area contributed by atoms with E-state index >= 15 is 0 Å². The molecule has 1 saturated heterocycles. The lowest BCUT2D eigenvalue weighted by Crippen LogP contribution is -2.44. The van der Waals surface area contributed by atoms with Gasteiger partial charge in [0.15, 0.2) is 5.78 Å². The van der Waals surface area contributed by atoms with Crippen LogP contribution in [0.4, 0.5) is 5.69 Å². The number of anilines is 1. The Kier molecular flexibility index (Phi) is 4.52. The van der Waals surface area contributed by atoms with Crippen molar-refractivity contribution < 1.29 is 9.59 Å². The van der Waals surface area contributed by atoms with Crippen LogP contribution < -0.4 is 4.90 Å². The Balaban J connectivity index is 2.17. The number of amides is 1. The van der Waals surface area contributed by atoms with Crippen LogP contribution in [-0.4, -0.2) is 18.2 Å². The van der Waals surface area contributed by atoms with Gasteiger partial charge < -0.3 is 4.90 Å². The highest BCUT2D eigenvalue weighted by Crippen LogP contribution is 2.26. The molecule has 0 radical (unpaired) electrons. The lowest BCUT2D eigenvalue weighted by molar-refractivity contribution is -0.133. The maximum Gasteiger partial charge on any atom is 0.237 e. The highest BCUT2D eigenvalue weighted by molar-refractivity contribution is 6.09. The molecule has 104 valence electrons. The molecule has 1 amide bonds. The van der Waals surface area contributed by atoms with Gasteiger partial charge in [-0.15, -0.1) is 0 Å². The number of ketones is 1. The Morgan fingerprint density at radius 3 is 2.70 bits per heavy atom. The predicted molar refractivity (Wildman–Crippen MR) is 76.1 cm³/mol. The zero-order chi connectivity index (χ0) is 14.5. The number of aryl methyl sites for hydroxylation is 1. The second-order valence-corrected chi connectivity index (χ2v) is 5.01. The molecule has 0 aliphatic carbocycles. The number of rotatable bonds is 4. The maximum atomic E-state index is 12.4. The molecule has 0 spiro atoms. The SMILES string of the molecule is CCc1ccc(N2CCC[C@H](C(=O)CC#N)C2=O)cc1. The third-order valence-electron chi connectivity index (χ3n) is 3.74. The van der Waals surface area contributed by atoms with Gasteiger partial charge in [-0.2, -0.15) is 5.26 Å². The molecular weight excluding hydrogens is 252 g/mol. The molecule has 1 aliphatic rings. The first-order valence-electron chi connectivity index (χ1n) is 6.97. The Hall–Kier alpha value is -2.15. The van der Waals surface area contributed by atoms with E-state index in [-0.39, 0.29) is 18.1 Å². The minimum Gasteiger partial charge on any atom is -0.312 e. The topological polar surface area (TPSA) is 61.2 Å². The molecule has 4 nitrogen and oxygen atoms in total. The molecule has 1 fully saturated rings. The van der Waals surface area contributed by atoms with Crippen molar-refractivity contribution in [3.8, 4) is 6.07 Å². The van der Waals surface area contributed by atoms with E-state index in [9.17, 15) is 9.59 Å². The van der Waals surface area contributed by atoms with Crippen LogP contribution in [0.1, 0.15) is 31.7 Å². The Morgan fingerprint density at radius 2 is 2.10 bits per heavy atom. The fraction of sp³-hybridized carbons (Fsp3) is 0.438. The normalized spacial score (nSPS) is 18.7. The van der Waals surface area contributed by atoms with E-state index in [0.717, 1.165) is 18.5 Å². The van der Waals surface area contributed by atoms with Gasteiger partial charge in [-0.05, 0) is 37.0 Å². The van der Waals surface area contributed by atoms with Crippen LogP contribution in [0.3, 0.4) is 0 Å². The third kappa shape index (κ3) is 2.88. The quantitative estimate of drug-likeness (QED) is 0.790. The van der Waals surface area contributed by atoms with Crippen molar-refractivity contribution in [1.82, 2.24) is 0 Å². The van der Waals surface area contributed by atoms with Gasteiger partial charge in [0, 0.05) is 12.2 Å². The molecule has 0 unspecified atom stereocenters. The van der Waals surface area contributed by atoms with Crippen molar-refractivity contribution in [3.05, 3.63) is 29.8 Å². The molecule has 0 aromatic heterocycles. The van der Waals surface area contributed by atoms with E-state index in [2.05, 4.69) is 6.92 Å². The van der Waals surface area contributed by atoms with Crippen molar-refractivity contribution in [2.75, 3.05) is 11.4 Å². The summed E-state index contributed by atoms with van der Waals surface area (Å²) in [6.07, 6.45) is 2.13. The number of nitriles is 1. The van der Waals surface area contributed by atoms with Gasteiger partial charge in [0.25, 0.3) is 0 Å². The number of carbonyl (C=O) groups excluding carboxylic acids is 2. The van der Waals surface area contributed by atoms with Crippen LogP contribution in [0, 0.1) is 17.2 Å². The van der Waals surface area contributed by atoms with Gasteiger partial charge >= 0.3 is 0 Å². The number of Topliss-reactive ketones (excluding diaryl/α,β-unsaturated/α-hetero) is 1. The minimum absolute atomic E-state index is 0.166.